The van der Waals surface area contributed by atoms with E-state index in [4.69, 9.17) is 11.6 Å². The average Bonchev–Trinajstić information content (AvgIpc) is 2.15. The zero-order valence-electron chi connectivity index (χ0n) is 7.07. The van der Waals surface area contributed by atoms with Crippen LogP contribution in [0.3, 0.4) is 0 Å². The topological polar surface area (TPSA) is 24.9 Å². The first kappa shape index (κ1) is 10.6. The maximum absolute atomic E-state index is 5.64. The van der Waals surface area contributed by atoms with E-state index in [1.54, 1.807) is 17.7 Å². The maximum Gasteiger partial charge on any atom is 0.129 e. The summed E-state index contributed by atoms with van der Waals surface area (Å²) in [5.41, 5.74) is 1.12. The van der Waals surface area contributed by atoms with Gasteiger partial charge in [0.05, 0.1) is 0 Å². The van der Waals surface area contributed by atoms with Crippen LogP contribution in [0.2, 0.25) is 5.15 Å². The number of pyridine rings is 1. The highest BCUT2D eigenvalue weighted by Crippen LogP contribution is 2.04. The van der Waals surface area contributed by atoms with Crippen molar-refractivity contribution in [2.45, 2.75) is 6.54 Å². The zero-order valence-corrected chi connectivity index (χ0v) is 8.72. The third kappa shape index (κ3) is 4.31. The summed E-state index contributed by atoms with van der Waals surface area (Å²) < 4.78 is 0. The van der Waals surface area contributed by atoms with Crippen LogP contribution in [0.1, 0.15) is 5.56 Å². The molecule has 0 aliphatic heterocycles. The van der Waals surface area contributed by atoms with Gasteiger partial charge in [0, 0.05) is 19.3 Å². The number of hydrogen-bond donors (Lipinski definition) is 2. The molecule has 0 bridgehead atoms. The number of halogens is 1. The summed E-state index contributed by atoms with van der Waals surface area (Å²) in [6.45, 7) is 1.61. The lowest BCUT2D eigenvalue weighted by Crippen LogP contribution is -2.12. The Morgan fingerprint density at radius 3 is 3.00 bits per heavy atom. The first-order valence-corrected chi connectivity index (χ1v) is 4.82. The second-order valence-electron chi connectivity index (χ2n) is 2.50. The normalized spacial score (nSPS) is 10.9. The molecule has 0 saturated heterocycles. The van der Waals surface area contributed by atoms with Gasteiger partial charge in [0.2, 0.25) is 0 Å². The Balaban J connectivity index is 2.33. The van der Waals surface area contributed by atoms with Crippen LogP contribution in [0, 0.1) is 0 Å². The summed E-state index contributed by atoms with van der Waals surface area (Å²) in [6, 6.07) is 3.74. The number of hydrogen-bond acceptors (Lipinski definition) is 3. The Morgan fingerprint density at radius 1 is 1.54 bits per heavy atom. The summed E-state index contributed by atoms with van der Waals surface area (Å²) >= 11 is 9.59. The molecule has 2 nitrogen and oxygen atoms in total. The van der Waals surface area contributed by atoms with Gasteiger partial charge in [0.15, 0.2) is 0 Å². The fourth-order valence-corrected chi connectivity index (χ4v) is 1.08. The highest BCUT2D eigenvalue weighted by atomic mass is 35.5. The van der Waals surface area contributed by atoms with Gasteiger partial charge in [0.25, 0.3) is 0 Å². The molecule has 0 spiro atoms. The third-order valence-corrected chi connectivity index (χ3v) is 1.92. The van der Waals surface area contributed by atoms with Crippen molar-refractivity contribution in [3.63, 3.8) is 0 Å². The number of thiol groups is 1. The SMILES string of the molecule is S/C=C\CNCc1ccc(Cl)nc1. The lowest BCUT2D eigenvalue weighted by atomic mass is 10.3. The third-order valence-electron chi connectivity index (χ3n) is 1.49. The van der Waals surface area contributed by atoms with E-state index in [-0.39, 0.29) is 0 Å². The molecule has 0 unspecified atom stereocenters. The summed E-state index contributed by atoms with van der Waals surface area (Å²) in [5.74, 6) is 0. The minimum Gasteiger partial charge on any atom is -0.309 e. The lowest BCUT2D eigenvalue weighted by Gasteiger charge is -2.00. The fourth-order valence-electron chi connectivity index (χ4n) is 0.864. The van der Waals surface area contributed by atoms with E-state index in [2.05, 4.69) is 22.9 Å². The Morgan fingerprint density at radius 2 is 2.38 bits per heavy atom. The molecule has 0 aliphatic carbocycles. The number of nitrogens with zero attached hydrogens (tertiary/aromatic N) is 1. The number of nitrogens with one attached hydrogen (secondary N) is 1. The molecule has 0 fully saturated rings. The van der Waals surface area contributed by atoms with Gasteiger partial charge in [-0.1, -0.05) is 23.7 Å². The van der Waals surface area contributed by atoms with Gasteiger partial charge in [-0.25, -0.2) is 4.98 Å². The van der Waals surface area contributed by atoms with Gasteiger partial charge >= 0.3 is 0 Å². The molecule has 1 aromatic rings. The predicted octanol–water partition coefficient (Wildman–Crippen LogP) is 2.27. The van der Waals surface area contributed by atoms with Gasteiger partial charge in [-0.2, -0.15) is 12.6 Å². The Labute approximate surface area is 88.4 Å². The predicted molar refractivity (Wildman–Crippen MR) is 59.1 cm³/mol. The van der Waals surface area contributed by atoms with Gasteiger partial charge in [0.1, 0.15) is 5.15 Å². The van der Waals surface area contributed by atoms with Gasteiger partial charge in [-0.05, 0) is 17.0 Å². The zero-order chi connectivity index (χ0) is 9.52. The molecule has 0 aromatic carbocycles. The largest absolute Gasteiger partial charge is 0.309 e. The Kier molecular flexibility index (Phi) is 4.90. The van der Waals surface area contributed by atoms with Crippen molar-refractivity contribution >= 4 is 24.2 Å². The van der Waals surface area contributed by atoms with E-state index in [1.807, 2.05) is 12.1 Å². The highest BCUT2D eigenvalue weighted by Gasteiger charge is 1.91. The van der Waals surface area contributed by atoms with E-state index in [1.165, 1.54) is 0 Å². The van der Waals surface area contributed by atoms with Crippen molar-refractivity contribution in [1.29, 1.82) is 0 Å². The fraction of sp³-hybridized carbons (Fsp3) is 0.222. The minimum atomic E-state index is 0.527. The number of rotatable bonds is 4. The van der Waals surface area contributed by atoms with Crippen molar-refractivity contribution in [1.82, 2.24) is 10.3 Å². The molecule has 13 heavy (non-hydrogen) atoms. The summed E-state index contributed by atoms with van der Waals surface area (Å²) in [4.78, 5) is 3.97. The Hall–Kier alpha value is -0.510. The summed E-state index contributed by atoms with van der Waals surface area (Å²) in [5, 5.41) is 5.45. The van der Waals surface area contributed by atoms with E-state index >= 15 is 0 Å². The lowest BCUT2D eigenvalue weighted by molar-refractivity contribution is 0.757. The first-order chi connectivity index (χ1) is 6.33. The molecule has 1 N–H and O–H groups in total. The van der Waals surface area contributed by atoms with Crippen LogP contribution >= 0.6 is 24.2 Å². The molecule has 1 heterocycles. The van der Waals surface area contributed by atoms with Crippen LogP contribution in [0.4, 0.5) is 0 Å². The van der Waals surface area contributed by atoms with Crippen LogP contribution in [-0.2, 0) is 6.54 Å². The van der Waals surface area contributed by atoms with Crippen molar-refractivity contribution in [2.24, 2.45) is 0 Å². The maximum atomic E-state index is 5.64. The molecular formula is C9H11ClN2S. The number of aromatic nitrogens is 1. The molecule has 0 radical (unpaired) electrons. The molecule has 1 rings (SSSR count). The second kappa shape index (κ2) is 6.02. The van der Waals surface area contributed by atoms with Crippen LogP contribution in [0.5, 0.6) is 0 Å². The summed E-state index contributed by atoms with van der Waals surface area (Å²) in [7, 11) is 0. The molecule has 0 atom stereocenters. The van der Waals surface area contributed by atoms with Crippen LogP contribution < -0.4 is 5.32 Å². The minimum absolute atomic E-state index is 0.527. The monoisotopic (exact) mass is 214 g/mol. The van der Waals surface area contributed by atoms with E-state index < -0.39 is 0 Å². The van der Waals surface area contributed by atoms with Crippen LogP contribution in [0.25, 0.3) is 0 Å². The first-order valence-electron chi connectivity index (χ1n) is 3.93. The molecule has 4 heteroatoms. The van der Waals surface area contributed by atoms with E-state index in [0.29, 0.717) is 5.15 Å². The van der Waals surface area contributed by atoms with Gasteiger partial charge in [-0.3, -0.25) is 0 Å². The van der Waals surface area contributed by atoms with Gasteiger partial charge < -0.3 is 5.32 Å². The van der Waals surface area contributed by atoms with Crippen LogP contribution in [-0.4, -0.2) is 11.5 Å². The molecule has 70 valence electrons. The smallest absolute Gasteiger partial charge is 0.129 e. The molecule has 0 amide bonds. The standard InChI is InChI=1S/C9H11ClN2S/c10-9-3-2-8(7-12-9)6-11-4-1-5-13/h1-3,5,7,11,13H,4,6H2/b5-1-. The van der Waals surface area contributed by atoms with E-state index in [9.17, 15) is 0 Å². The molecular weight excluding hydrogens is 204 g/mol. The van der Waals surface area contributed by atoms with Crippen LogP contribution in [0.15, 0.2) is 29.8 Å². The second-order valence-corrected chi connectivity index (χ2v) is 3.19. The molecule has 1 aromatic heterocycles. The van der Waals surface area contributed by atoms with Crippen molar-refractivity contribution in [2.75, 3.05) is 6.54 Å². The quantitative estimate of drug-likeness (QED) is 0.457. The van der Waals surface area contributed by atoms with Gasteiger partial charge in [-0.15, -0.1) is 0 Å². The summed E-state index contributed by atoms with van der Waals surface area (Å²) in [6.07, 6.45) is 3.70. The molecule has 0 saturated carbocycles. The van der Waals surface area contributed by atoms with Crippen molar-refractivity contribution < 1.29 is 0 Å². The Bertz CT molecular complexity index is 271. The van der Waals surface area contributed by atoms with Crippen molar-refractivity contribution in [3.8, 4) is 0 Å². The average molecular weight is 215 g/mol. The van der Waals surface area contributed by atoms with Crippen molar-refractivity contribution in [3.05, 3.63) is 40.5 Å². The highest BCUT2D eigenvalue weighted by molar-refractivity contribution is 7.83. The molecule has 0 aliphatic rings. The van der Waals surface area contributed by atoms with E-state index in [0.717, 1.165) is 18.7 Å².